The van der Waals surface area contributed by atoms with Gasteiger partial charge in [-0.25, -0.2) is 4.39 Å². The van der Waals surface area contributed by atoms with E-state index in [1.54, 1.807) is 0 Å². The molecule has 0 aliphatic heterocycles. The molecule has 0 radical (unpaired) electrons. The summed E-state index contributed by atoms with van der Waals surface area (Å²) in [7, 11) is -4.02. The summed E-state index contributed by atoms with van der Waals surface area (Å²) in [6, 6.07) is 6.14. The second-order valence-corrected chi connectivity index (χ2v) is 4.83. The highest BCUT2D eigenvalue weighted by atomic mass is 31.2. The van der Waals surface area contributed by atoms with Crippen LogP contribution in [-0.2, 0) is 10.7 Å². The number of benzene rings is 1. The lowest BCUT2D eigenvalue weighted by Gasteiger charge is -2.05. The van der Waals surface area contributed by atoms with Gasteiger partial charge in [0.25, 0.3) is 0 Å². The molecule has 1 unspecified atom stereocenters. The van der Waals surface area contributed by atoms with E-state index in [2.05, 4.69) is 0 Å². The van der Waals surface area contributed by atoms with Crippen LogP contribution in [0.1, 0.15) is 24.2 Å². The summed E-state index contributed by atoms with van der Waals surface area (Å²) in [6.45, 7) is 1.41. The first-order chi connectivity index (χ1) is 6.38. The molecule has 0 aliphatic rings. The van der Waals surface area contributed by atoms with E-state index in [9.17, 15) is 8.96 Å². The van der Waals surface area contributed by atoms with Gasteiger partial charge in [0.05, 0.1) is 6.16 Å². The van der Waals surface area contributed by atoms with Crippen molar-refractivity contribution < 1.29 is 18.7 Å². The Morgan fingerprint density at radius 1 is 1.36 bits per heavy atom. The summed E-state index contributed by atoms with van der Waals surface area (Å²) in [5.41, 5.74) is 1.03. The molecule has 3 nitrogen and oxygen atoms in total. The van der Waals surface area contributed by atoms with Crippen molar-refractivity contribution in [3.63, 3.8) is 0 Å². The zero-order valence-electron chi connectivity index (χ0n) is 7.72. The molecule has 0 aromatic heterocycles. The predicted octanol–water partition coefficient (Wildman–Crippen LogP) is 2.39. The third-order valence-electron chi connectivity index (χ3n) is 1.83. The highest BCUT2D eigenvalue weighted by molar-refractivity contribution is 7.50. The molecule has 0 heterocycles. The van der Waals surface area contributed by atoms with Crippen LogP contribution in [0.4, 0.5) is 4.39 Å². The van der Waals surface area contributed by atoms with Crippen molar-refractivity contribution in [3.05, 3.63) is 35.4 Å². The van der Waals surface area contributed by atoms with Crippen molar-refractivity contribution in [3.8, 4) is 0 Å². The fourth-order valence-electron chi connectivity index (χ4n) is 1.13. The molecule has 0 amide bonds. The first-order valence-electron chi connectivity index (χ1n) is 4.16. The fourth-order valence-corrected chi connectivity index (χ4v) is 1.81. The molecule has 2 N–H and O–H groups in total. The molecular formula is C9H12FO3P. The van der Waals surface area contributed by atoms with E-state index in [0.717, 1.165) is 0 Å². The molecule has 0 bridgehead atoms. The largest absolute Gasteiger partial charge is 0.329 e. The lowest BCUT2D eigenvalue weighted by Crippen LogP contribution is -1.89. The molecule has 1 aromatic rings. The molecule has 0 aliphatic carbocycles. The number of hydrogen-bond donors (Lipinski definition) is 2. The minimum Gasteiger partial charge on any atom is -0.324 e. The molecule has 14 heavy (non-hydrogen) atoms. The van der Waals surface area contributed by atoms with Crippen LogP contribution in [0.2, 0.25) is 0 Å². The summed E-state index contributed by atoms with van der Waals surface area (Å²) in [5.74, 6) is 0. The van der Waals surface area contributed by atoms with Crippen molar-refractivity contribution in [1.29, 1.82) is 0 Å². The zero-order chi connectivity index (χ0) is 10.8. The Hall–Kier alpha value is -0.700. The number of halogens is 1. The molecular weight excluding hydrogens is 206 g/mol. The number of rotatable bonds is 3. The van der Waals surface area contributed by atoms with Gasteiger partial charge in [0.15, 0.2) is 0 Å². The average molecular weight is 218 g/mol. The maximum Gasteiger partial charge on any atom is 0.329 e. The van der Waals surface area contributed by atoms with Gasteiger partial charge >= 0.3 is 7.60 Å². The maximum absolute atomic E-state index is 12.7. The third kappa shape index (κ3) is 3.58. The van der Waals surface area contributed by atoms with Crippen molar-refractivity contribution in [1.82, 2.24) is 0 Å². The van der Waals surface area contributed by atoms with Crippen molar-refractivity contribution in [2.75, 3.05) is 0 Å². The first kappa shape index (κ1) is 11.4. The predicted molar refractivity (Wildman–Crippen MR) is 51.7 cm³/mol. The third-order valence-corrected chi connectivity index (χ3v) is 2.60. The highest BCUT2D eigenvalue weighted by Gasteiger charge is 2.13. The second kappa shape index (κ2) is 4.22. The van der Waals surface area contributed by atoms with Crippen molar-refractivity contribution in [2.45, 2.75) is 19.3 Å². The van der Waals surface area contributed by atoms with Crippen LogP contribution in [-0.4, -0.2) is 9.79 Å². The van der Waals surface area contributed by atoms with E-state index in [-0.39, 0.29) is 6.16 Å². The van der Waals surface area contributed by atoms with E-state index in [0.29, 0.717) is 11.1 Å². The summed E-state index contributed by atoms with van der Waals surface area (Å²) >= 11 is 0. The molecule has 0 saturated heterocycles. The van der Waals surface area contributed by atoms with Gasteiger partial charge in [-0.3, -0.25) is 4.57 Å². The molecule has 0 spiro atoms. The summed E-state index contributed by atoms with van der Waals surface area (Å²) < 4.78 is 23.4. The molecule has 1 atom stereocenters. The van der Waals surface area contributed by atoms with Crippen molar-refractivity contribution >= 4 is 7.60 Å². The van der Waals surface area contributed by atoms with E-state index in [1.165, 1.54) is 31.2 Å². The molecule has 78 valence electrons. The lowest BCUT2D eigenvalue weighted by molar-refractivity contribution is 0.371. The smallest absolute Gasteiger partial charge is 0.324 e. The summed E-state index contributed by atoms with van der Waals surface area (Å²) in [5, 5.41) is 0. The van der Waals surface area contributed by atoms with E-state index < -0.39 is 13.8 Å². The van der Waals surface area contributed by atoms with Crippen LogP contribution in [0.15, 0.2) is 24.3 Å². The average Bonchev–Trinajstić information content (AvgIpc) is 2.02. The minimum atomic E-state index is -4.02. The zero-order valence-corrected chi connectivity index (χ0v) is 8.62. The van der Waals surface area contributed by atoms with Gasteiger partial charge in [0.2, 0.25) is 0 Å². The van der Waals surface area contributed by atoms with E-state index in [1.807, 2.05) is 0 Å². The van der Waals surface area contributed by atoms with Crippen LogP contribution in [0, 0.1) is 0 Å². The van der Waals surface area contributed by atoms with Crippen LogP contribution < -0.4 is 0 Å². The molecule has 1 aromatic carbocycles. The van der Waals surface area contributed by atoms with Gasteiger partial charge in [0, 0.05) is 0 Å². The number of hydrogen-bond acceptors (Lipinski definition) is 1. The van der Waals surface area contributed by atoms with E-state index >= 15 is 0 Å². The molecule has 0 saturated carbocycles. The van der Waals surface area contributed by atoms with Crippen LogP contribution in [0.5, 0.6) is 0 Å². The van der Waals surface area contributed by atoms with Gasteiger partial charge in [-0.1, -0.05) is 24.3 Å². The highest BCUT2D eigenvalue weighted by Crippen LogP contribution is 2.39. The van der Waals surface area contributed by atoms with Crippen LogP contribution in [0.25, 0.3) is 0 Å². The van der Waals surface area contributed by atoms with Gasteiger partial charge in [0.1, 0.15) is 6.17 Å². The minimum absolute atomic E-state index is 0.298. The lowest BCUT2D eigenvalue weighted by atomic mass is 10.1. The quantitative estimate of drug-likeness (QED) is 0.766. The Morgan fingerprint density at radius 3 is 2.21 bits per heavy atom. The Morgan fingerprint density at radius 2 is 1.86 bits per heavy atom. The number of alkyl halides is 1. The van der Waals surface area contributed by atoms with Gasteiger partial charge in [-0.15, -0.1) is 0 Å². The Bertz CT molecular complexity index is 342. The monoisotopic (exact) mass is 218 g/mol. The van der Waals surface area contributed by atoms with E-state index in [4.69, 9.17) is 9.79 Å². The van der Waals surface area contributed by atoms with Gasteiger partial charge in [-0.2, -0.15) is 0 Å². The summed E-state index contributed by atoms with van der Waals surface area (Å²) in [4.78, 5) is 17.4. The molecule has 1 rings (SSSR count). The fraction of sp³-hybridized carbons (Fsp3) is 0.333. The van der Waals surface area contributed by atoms with Gasteiger partial charge in [-0.05, 0) is 18.1 Å². The first-order valence-corrected chi connectivity index (χ1v) is 5.96. The SMILES string of the molecule is CC(F)c1ccc(CP(=O)(O)O)cc1. The Labute approximate surface area is 81.7 Å². The topological polar surface area (TPSA) is 57.5 Å². The second-order valence-electron chi connectivity index (χ2n) is 3.18. The Kier molecular flexibility index (Phi) is 3.43. The van der Waals surface area contributed by atoms with Crippen LogP contribution >= 0.6 is 7.60 Å². The Balaban J connectivity index is 2.79. The normalized spacial score (nSPS) is 14.0. The van der Waals surface area contributed by atoms with Crippen molar-refractivity contribution in [2.24, 2.45) is 0 Å². The summed E-state index contributed by atoms with van der Waals surface area (Å²) in [6.07, 6.45) is -1.35. The molecule has 0 fully saturated rings. The standard InChI is InChI=1S/C9H12FO3P/c1-7(10)9-4-2-8(3-5-9)6-14(11,12)13/h2-5,7H,6H2,1H3,(H2,11,12,13). The van der Waals surface area contributed by atoms with Gasteiger partial charge < -0.3 is 9.79 Å². The molecule has 5 heteroatoms. The maximum atomic E-state index is 12.7. The van der Waals surface area contributed by atoms with Crippen LogP contribution in [0.3, 0.4) is 0 Å².